The topological polar surface area (TPSA) is 81.6 Å². The Hall–Kier alpha value is -1.73. The second kappa shape index (κ2) is 11.1. The lowest BCUT2D eigenvalue weighted by molar-refractivity contribution is -0.110. The largest absolute Gasteiger partial charge is 0.390 e. The summed E-state index contributed by atoms with van der Waals surface area (Å²) in [5.41, 5.74) is -0.0143. The first-order valence-electron chi connectivity index (χ1n) is 12.8. The first kappa shape index (κ1) is 25.9. The van der Waals surface area contributed by atoms with Crippen molar-refractivity contribution in [3.8, 4) is 0 Å². The Morgan fingerprint density at radius 2 is 1.79 bits per heavy atom. The SMILES string of the molecule is CC(C)(O)Cc1cc(N2CCCN(CCC3CCC(NC=O)CC3)CC2)nc(C(C)(C)C)n1. The molecule has 0 spiro atoms. The second-order valence-corrected chi connectivity index (χ2v) is 11.8. The van der Waals surface area contributed by atoms with E-state index in [4.69, 9.17) is 9.97 Å². The Morgan fingerprint density at radius 3 is 2.42 bits per heavy atom. The zero-order valence-corrected chi connectivity index (χ0v) is 21.4. The van der Waals surface area contributed by atoms with Crippen molar-refractivity contribution in [1.82, 2.24) is 20.2 Å². The Balaban J connectivity index is 1.58. The van der Waals surface area contributed by atoms with Gasteiger partial charge in [-0.2, -0.15) is 0 Å². The van der Waals surface area contributed by atoms with Gasteiger partial charge in [-0.15, -0.1) is 0 Å². The van der Waals surface area contributed by atoms with Crippen LogP contribution in [0.4, 0.5) is 5.82 Å². The van der Waals surface area contributed by atoms with Crippen LogP contribution in [0.5, 0.6) is 0 Å². The number of carbonyl (C=O) groups excluding carboxylic acids is 1. The van der Waals surface area contributed by atoms with Crippen LogP contribution in [0.3, 0.4) is 0 Å². The van der Waals surface area contributed by atoms with Crippen LogP contribution >= 0.6 is 0 Å². The molecule has 1 aromatic rings. The highest BCUT2D eigenvalue weighted by molar-refractivity contribution is 5.46. The second-order valence-electron chi connectivity index (χ2n) is 11.8. The van der Waals surface area contributed by atoms with Gasteiger partial charge in [0.1, 0.15) is 11.6 Å². The summed E-state index contributed by atoms with van der Waals surface area (Å²) in [6, 6.07) is 2.46. The van der Waals surface area contributed by atoms with Crippen LogP contribution < -0.4 is 10.2 Å². The molecule has 1 aliphatic heterocycles. The molecule has 2 N–H and O–H groups in total. The molecule has 7 nitrogen and oxygen atoms in total. The average molecular weight is 460 g/mol. The molecule has 2 fully saturated rings. The van der Waals surface area contributed by atoms with E-state index in [0.29, 0.717) is 12.5 Å². The van der Waals surface area contributed by atoms with Crippen molar-refractivity contribution in [2.75, 3.05) is 37.6 Å². The number of amides is 1. The fourth-order valence-electron chi connectivity index (χ4n) is 5.02. The summed E-state index contributed by atoms with van der Waals surface area (Å²) >= 11 is 0. The van der Waals surface area contributed by atoms with Crippen LogP contribution in [0.15, 0.2) is 6.07 Å². The normalized spacial score (nSPS) is 23.3. The molecule has 1 aliphatic carbocycles. The molecule has 3 rings (SSSR count). The smallest absolute Gasteiger partial charge is 0.207 e. The Labute approximate surface area is 200 Å². The van der Waals surface area contributed by atoms with Crippen molar-refractivity contribution in [2.24, 2.45) is 5.92 Å². The first-order chi connectivity index (χ1) is 15.5. The van der Waals surface area contributed by atoms with Crippen LogP contribution in [0.25, 0.3) is 0 Å². The van der Waals surface area contributed by atoms with Gasteiger partial charge >= 0.3 is 0 Å². The Morgan fingerprint density at radius 1 is 1.06 bits per heavy atom. The number of anilines is 1. The zero-order valence-electron chi connectivity index (χ0n) is 21.4. The summed E-state index contributed by atoms with van der Waals surface area (Å²) < 4.78 is 0. The Bertz CT molecular complexity index is 763. The molecule has 2 heterocycles. The summed E-state index contributed by atoms with van der Waals surface area (Å²) in [5.74, 6) is 2.63. The molecule has 186 valence electrons. The third-order valence-electron chi connectivity index (χ3n) is 6.97. The number of aliphatic hydroxyl groups is 1. The highest BCUT2D eigenvalue weighted by atomic mass is 16.3. The first-order valence-corrected chi connectivity index (χ1v) is 12.8. The molecule has 0 radical (unpaired) electrons. The maximum Gasteiger partial charge on any atom is 0.207 e. The minimum atomic E-state index is -0.793. The van der Waals surface area contributed by atoms with E-state index < -0.39 is 5.60 Å². The van der Waals surface area contributed by atoms with Crippen LogP contribution in [-0.4, -0.2) is 70.8 Å². The van der Waals surface area contributed by atoms with Crippen molar-refractivity contribution in [2.45, 2.75) is 96.6 Å². The third-order valence-corrected chi connectivity index (χ3v) is 6.97. The molecule has 1 amide bonds. The molecule has 7 heteroatoms. The molecular weight excluding hydrogens is 414 g/mol. The predicted octanol–water partition coefficient (Wildman–Crippen LogP) is 3.29. The fraction of sp³-hybridized carbons (Fsp3) is 0.808. The van der Waals surface area contributed by atoms with E-state index in [2.05, 4.69) is 42.0 Å². The number of hydrogen-bond acceptors (Lipinski definition) is 6. The number of carbonyl (C=O) groups is 1. The van der Waals surface area contributed by atoms with Gasteiger partial charge in [0.15, 0.2) is 0 Å². The van der Waals surface area contributed by atoms with Gasteiger partial charge in [-0.05, 0) is 71.4 Å². The summed E-state index contributed by atoms with van der Waals surface area (Å²) in [5, 5.41) is 13.3. The maximum atomic E-state index is 10.7. The highest BCUT2D eigenvalue weighted by Crippen LogP contribution is 2.28. The van der Waals surface area contributed by atoms with E-state index in [1.54, 1.807) is 0 Å². The van der Waals surface area contributed by atoms with E-state index >= 15 is 0 Å². The minimum Gasteiger partial charge on any atom is -0.390 e. The molecule has 33 heavy (non-hydrogen) atoms. The van der Waals surface area contributed by atoms with Crippen LogP contribution in [0.1, 0.15) is 84.7 Å². The lowest BCUT2D eigenvalue weighted by atomic mass is 9.84. The molecule has 1 saturated carbocycles. The maximum absolute atomic E-state index is 10.7. The van der Waals surface area contributed by atoms with E-state index in [-0.39, 0.29) is 5.41 Å². The average Bonchev–Trinajstić information content (AvgIpc) is 2.97. The van der Waals surface area contributed by atoms with Gasteiger partial charge in [0.05, 0.1) is 5.60 Å². The van der Waals surface area contributed by atoms with Gasteiger partial charge in [0.25, 0.3) is 0 Å². The quantitative estimate of drug-likeness (QED) is 0.581. The number of aromatic nitrogens is 2. The number of nitrogens with zero attached hydrogens (tertiary/aromatic N) is 4. The number of nitrogens with one attached hydrogen (secondary N) is 1. The third kappa shape index (κ3) is 8.21. The lowest BCUT2D eigenvalue weighted by Crippen LogP contribution is -2.35. The summed E-state index contributed by atoms with van der Waals surface area (Å²) in [7, 11) is 0. The van der Waals surface area contributed by atoms with Gasteiger partial charge in [0, 0.05) is 49.3 Å². The summed E-state index contributed by atoms with van der Waals surface area (Å²) in [6.07, 6.45) is 8.46. The standard InChI is InChI=1S/C26H45N5O2/c1-25(2,3)24-28-22(18-26(4,5)33)17-23(29-24)31-13-6-12-30(15-16-31)14-11-20-7-9-21(10-8-20)27-19-32/h17,19-21,33H,6-16,18H2,1-5H3,(H,27,32). The van der Waals surface area contributed by atoms with Gasteiger partial charge in [-0.25, -0.2) is 9.97 Å². The minimum absolute atomic E-state index is 0.136. The number of hydrogen-bond donors (Lipinski definition) is 2. The predicted molar refractivity (Wildman–Crippen MR) is 134 cm³/mol. The van der Waals surface area contributed by atoms with Crippen LogP contribution in [0, 0.1) is 5.92 Å². The van der Waals surface area contributed by atoms with Gasteiger partial charge < -0.3 is 20.2 Å². The number of rotatable bonds is 8. The molecule has 1 saturated heterocycles. The van der Waals surface area contributed by atoms with E-state index in [1.165, 1.54) is 19.3 Å². The molecule has 0 atom stereocenters. The molecule has 0 bridgehead atoms. The molecule has 2 aliphatic rings. The van der Waals surface area contributed by atoms with Gasteiger partial charge in [-0.1, -0.05) is 20.8 Å². The van der Waals surface area contributed by atoms with E-state index in [9.17, 15) is 9.90 Å². The summed E-state index contributed by atoms with van der Waals surface area (Å²) in [6.45, 7) is 15.4. The van der Waals surface area contributed by atoms with Crippen molar-refractivity contribution >= 4 is 12.2 Å². The summed E-state index contributed by atoms with van der Waals surface area (Å²) in [4.78, 5) is 25.4. The molecule has 1 aromatic heterocycles. The van der Waals surface area contributed by atoms with Crippen molar-refractivity contribution in [3.63, 3.8) is 0 Å². The lowest BCUT2D eigenvalue weighted by Gasteiger charge is -2.30. The van der Waals surface area contributed by atoms with E-state index in [1.807, 2.05) is 13.8 Å². The molecule has 0 aromatic carbocycles. The van der Waals surface area contributed by atoms with Crippen LogP contribution in [0.2, 0.25) is 0 Å². The monoisotopic (exact) mass is 459 g/mol. The fourth-order valence-corrected chi connectivity index (χ4v) is 5.02. The van der Waals surface area contributed by atoms with Crippen molar-refractivity contribution in [1.29, 1.82) is 0 Å². The molecular formula is C26H45N5O2. The van der Waals surface area contributed by atoms with E-state index in [0.717, 1.165) is 81.7 Å². The van der Waals surface area contributed by atoms with Gasteiger partial charge in [-0.3, -0.25) is 4.79 Å². The zero-order chi connectivity index (χ0) is 24.1. The van der Waals surface area contributed by atoms with Gasteiger partial charge in [0.2, 0.25) is 6.41 Å². The Kier molecular flexibility index (Phi) is 8.73. The highest BCUT2D eigenvalue weighted by Gasteiger charge is 2.25. The van der Waals surface area contributed by atoms with Crippen LogP contribution in [-0.2, 0) is 16.6 Å². The van der Waals surface area contributed by atoms with Crippen molar-refractivity contribution < 1.29 is 9.90 Å². The van der Waals surface area contributed by atoms with Crippen molar-refractivity contribution in [3.05, 3.63) is 17.6 Å². The molecule has 0 unspecified atom stereocenters.